The molecule has 0 spiro atoms. The highest BCUT2D eigenvalue weighted by molar-refractivity contribution is 5.85. The maximum Gasteiger partial charge on any atom is 0.128 e. The summed E-state index contributed by atoms with van der Waals surface area (Å²) in [5, 5.41) is 23.3. The topological polar surface area (TPSA) is 56.1 Å². The van der Waals surface area contributed by atoms with Crippen LogP contribution < -0.4 is 0 Å². The van der Waals surface area contributed by atoms with E-state index in [1.807, 2.05) is 6.21 Å². The second-order valence-corrected chi connectivity index (χ2v) is 16.6. The third kappa shape index (κ3) is 8.16. The van der Waals surface area contributed by atoms with Crippen molar-refractivity contribution in [1.29, 1.82) is 0 Å². The average Bonchev–Trinajstić information content (AvgIpc) is 2.99. The molecule has 3 rings (SSSR count). The molecule has 4 nitrogen and oxygen atoms in total. The summed E-state index contributed by atoms with van der Waals surface area (Å²) in [6.07, 6.45) is 10.3. The molecule has 0 amide bonds. The number of likely N-dealkylation sites (N-methyl/N-ethyl adjacent to an activating group) is 1. The first kappa shape index (κ1) is 37.1. The minimum Gasteiger partial charge on any atom is -0.507 e. The maximum atomic E-state index is 11.7. The highest BCUT2D eigenvalue weighted by atomic mass is 16.3. The van der Waals surface area contributed by atoms with E-state index >= 15 is 0 Å². The molecule has 252 valence electrons. The van der Waals surface area contributed by atoms with Crippen LogP contribution in [0, 0.1) is 0 Å². The van der Waals surface area contributed by atoms with E-state index in [1.54, 1.807) is 0 Å². The van der Waals surface area contributed by atoms with E-state index in [0.29, 0.717) is 18.0 Å². The Morgan fingerprint density at radius 2 is 1.18 bits per heavy atom. The summed E-state index contributed by atoms with van der Waals surface area (Å²) in [7, 11) is 2.20. The van der Waals surface area contributed by atoms with Gasteiger partial charge in [-0.1, -0.05) is 114 Å². The third-order valence-electron chi connectivity index (χ3n) is 11.6. The molecule has 0 aromatic heterocycles. The van der Waals surface area contributed by atoms with Crippen molar-refractivity contribution in [3.63, 3.8) is 0 Å². The van der Waals surface area contributed by atoms with Gasteiger partial charge in [0, 0.05) is 41.1 Å². The molecule has 2 N–H and O–H groups in total. The Hall–Kier alpha value is -2.33. The lowest BCUT2D eigenvalue weighted by Crippen LogP contribution is -2.42. The smallest absolute Gasteiger partial charge is 0.128 e. The van der Waals surface area contributed by atoms with Gasteiger partial charge in [0.1, 0.15) is 11.5 Å². The Morgan fingerprint density at radius 3 is 1.67 bits per heavy atom. The summed E-state index contributed by atoms with van der Waals surface area (Å²) in [6.45, 7) is 27.6. The van der Waals surface area contributed by atoms with Crippen molar-refractivity contribution in [2.45, 2.75) is 175 Å². The summed E-state index contributed by atoms with van der Waals surface area (Å²) in [4.78, 5) is 7.65. The molecule has 0 unspecified atom stereocenters. The van der Waals surface area contributed by atoms with Crippen molar-refractivity contribution in [3.05, 3.63) is 57.6 Å². The molecule has 0 saturated heterocycles. The summed E-state index contributed by atoms with van der Waals surface area (Å²) in [5.41, 5.74) is 6.28. The van der Waals surface area contributed by atoms with E-state index in [1.165, 1.54) is 17.5 Å². The summed E-state index contributed by atoms with van der Waals surface area (Å²) in [6, 6.07) is 9.27. The van der Waals surface area contributed by atoms with Crippen LogP contribution in [-0.2, 0) is 28.2 Å². The SMILES string of the molecule is CCC(C)(CC)c1cc(C(C)(C)C)cc(C=N[C@@H]2CCCC[C@H]2N(C)Cc2cc(C(C)(C)C)cc(C(C)(CC)CC)c2O)c1O. The Bertz CT molecular complexity index is 1320. The van der Waals surface area contributed by atoms with Crippen LogP contribution in [0.3, 0.4) is 0 Å². The van der Waals surface area contributed by atoms with E-state index in [0.717, 1.165) is 67.2 Å². The van der Waals surface area contributed by atoms with Crippen molar-refractivity contribution < 1.29 is 10.2 Å². The Labute approximate surface area is 276 Å². The molecule has 2 aromatic rings. The summed E-state index contributed by atoms with van der Waals surface area (Å²) in [5.74, 6) is 0.841. The fraction of sp³-hybridized carbons (Fsp3) is 0.683. The highest BCUT2D eigenvalue weighted by Crippen LogP contribution is 2.43. The van der Waals surface area contributed by atoms with Crippen LogP contribution in [0.5, 0.6) is 11.5 Å². The molecule has 1 fully saturated rings. The molecule has 1 aliphatic rings. The molecule has 45 heavy (non-hydrogen) atoms. The number of phenols is 2. The van der Waals surface area contributed by atoms with Crippen molar-refractivity contribution in [2.24, 2.45) is 4.99 Å². The minimum atomic E-state index is -0.0877. The number of rotatable bonds is 11. The Balaban J connectivity index is 2.02. The number of hydrogen-bond acceptors (Lipinski definition) is 4. The van der Waals surface area contributed by atoms with Gasteiger partial charge in [0.2, 0.25) is 0 Å². The predicted molar refractivity (Wildman–Crippen MR) is 195 cm³/mol. The van der Waals surface area contributed by atoms with Crippen molar-refractivity contribution in [2.75, 3.05) is 7.05 Å². The number of hydrogen-bond donors (Lipinski definition) is 2. The lowest BCUT2D eigenvalue weighted by Gasteiger charge is -2.37. The zero-order valence-corrected chi connectivity index (χ0v) is 31.2. The van der Waals surface area contributed by atoms with Gasteiger partial charge >= 0.3 is 0 Å². The number of aliphatic imine (C=N–C) groups is 1. The molecule has 4 heteroatoms. The van der Waals surface area contributed by atoms with Gasteiger partial charge in [0.25, 0.3) is 0 Å². The standard InChI is InChI=1S/C41H66N2O2/c1-14-40(11,15-2)32-24-30(38(5,6)7)22-28(36(32)44)26-42-34-20-18-19-21-35(34)43(13)27-29-23-31(39(8,9)10)25-33(37(29)45)41(12,16-3)17-4/h22-26,34-35,44-45H,14-21,27H2,1-13H3/t34-,35-/m1/s1. The van der Waals surface area contributed by atoms with Crippen LogP contribution >= 0.6 is 0 Å². The van der Waals surface area contributed by atoms with Crippen LogP contribution in [0.4, 0.5) is 0 Å². The number of benzene rings is 2. The highest BCUT2D eigenvalue weighted by Gasteiger charge is 2.33. The first-order valence-electron chi connectivity index (χ1n) is 17.8. The first-order chi connectivity index (χ1) is 20.8. The molecule has 0 heterocycles. The third-order valence-corrected chi connectivity index (χ3v) is 11.6. The molecule has 0 bridgehead atoms. The fourth-order valence-corrected chi connectivity index (χ4v) is 6.96. The lowest BCUT2D eigenvalue weighted by atomic mass is 9.74. The van der Waals surface area contributed by atoms with E-state index in [9.17, 15) is 10.2 Å². The van der Waals surface area contributed by atoms with Crippen molar-refractivity contribution in [1.82, 2.24) is 4.90 Å². The quantitative estimate of drug-likeness (QED) is 0.246. The van der Waals surface area contributed by atoms with E-state index in [2.05, 4.69) is 119 Å². The molecule has 2 aromatic carbocycles. The maximum absolute atomic E-state index is 11.7. The van der Waals surface area contributed by atoms with Crippen LogP contribution in [0.1, 0.15) is 168 Å². The van der Waals surface area contributed by atoms with Gasteiger partial charge in [-0.2, -0.15) is 0 Å². The summed E-state index contributed by atoms with van der Waals surface area (Å²) < 4.78 is 0. The Kier molecular flexibility index (Phi) is 11.7. The van der Waals surface area contributed by atoms with Gasteiger partial charge in [0.15, 0.2) is 0 Å². The first-order valence-corrected chi connectivity index (χ1v) is 17.8. The molecular formula is C41H66N2O2. The second kappa shape index (κ2) is 14.2. The van der Waals surface area contributed by atoms with Crippen LogP contribution in [0.15, 0.2) is 29.3 Å². The van der Waals surface area contributed by atoms with Crippen LogP contribution in [0.2, 0.25) is 0 Å². The van der Waals surface area contributed by atoms with Gasteiger partial charge < -0.3 is 10.2 Å². The van der Waals surface area contributed by atoms with Crippen LogP contribution in [-0.4, -0.2) is 40.5 Å². The van der Waals surface area contributed by atoms with Gasteiger partial charge in [0.05, 0.1) is 6.04 Å². The van der Waals surface area contributed by atoms with Gasteiger partial charge in [-0.05, 0) is 84.4 Å². The minimum absolute atomic E-state index is 0.0100. The molecule has 0 radical (unpaired) electrons. The summed E-state index contributed by atoms with van der Waals surface area (Å²) >= 11 is 0. The molecular weight excluding hydrogens is 552 g/mol. The van der Waals surface area contributed by atoms with Gasteiger partial charge in [-0.25, -0.2) is 0 Å². The van der Waals surface area contributed by atoms with Crippen molar-refractivity contribution in [3.8, 4) is 11.5 Å². The average molecular weight is 619 g/mol. The predicted octanol–water partition coefficient (Wildman–Crippen LogP) is 10.7. The normalized spacial score (nSPS) is 18.7. The fourth-order valence-electron chi connectivity index (χ4n) is 6.96. The zero-order valence-electron chi connectivity index (χ0n) is 31.2. The molecule has 2 atom stereocenters. The number of aromatic hydroxyl groups is 2. The second-order valence-electron chi connectivity index (χ2n) is 16.6. The van der Waals surface area contributed by atoms with Gasteiger partial charge in [-0.3, -0.25) is 9.89 Å². The number of phenolic OH excluding ortho intramolecular Hbond substituents is 2. The Morgan fingerprint density at radius 1 is 0.711 bits per heavy atom. The lowest BCUT2D eigenvalue weighted by molar-refractivity contribution is 0.162. The van der Waals surface area contributed by atoms with E-state index < -0.39 is 0 Å². The van der Waals surface area contributed by atoms with Crippen LogP contribution in [0.25, 0.3) is 0 Å². The molecule has 1 aliphatic carbocycles. The monoisotopic (exact) mass is 619 g/mol. The van der Waals surface area contributed by atoms with Crippen molar-refractivity contribution >= 4 is 6.21 Å². The van der Waals surface area contributed by atoms with Gasteiger partial charge in [-0.15, -0.1) is 0 Å². The number of nitrogens with zero attached hydrogens (tertiary/aromatic N) is 2. The molecule has 1 saturated carbocycles. The van der Waals surface area contributed by atoms with E-state index in [-0.39, 0.29) is 33.7 Å². The van der Waals surface area contributed by atoms with E-state index in [4.69, 9.17) is 4.99 Å². The zero-order chi connectivity index (χ0) is 34.0. The largest absolute Gasteiger partial charge is 0.507 e. The molecule has 0 aliphatic heterocycles.